The number of hydrogen-bond acceptors (Lipinski definition) is 9. The van der Waals surface area contributed by atoms with E-state index in [4.69, 9.17) is 28.7 Å². The fraction of sp³-hybridized carbons (Fsp3) is 0.424. The molecule has 3 aromatic heterocycles. The molecule has 5 rings (SSSR count). The van der Waals surface area contributed by atoms with Crippen LogP contribution in [0.4, 0.5) is 0 Å². The molecule has 1 amide bonds. The molecule has 0 bridgehead atoms. The smallest absolute Gasteiger partial charge is 0.341 e. The van der Waals surface area contributed by atoms with E-state index in [9.17, 15) is 14.4 Å². The second-order valence-corrected chi connectivity index (χ2v) is 10.4. The molecule has 0 radical (unpaired) electrons. The minimum atomic E-state index is -0.725. The SMILES string of the molecule is CCOC(=O)c1cc2c(=O)n3cccc(C)c3nc2n(CC2CCCO2)c1=NC(=O)c1cc(OCC)c(OCC)c(OCC)c1. The number of benzene rings is 1. The molecule has 45 heavy (non-hydrogen) atoms. The van der Waals surface area contributed by atoms with Crippen LogP contribution in [0, 0.1) is 6.92 Å². The molecule has 1 fully saturated rings. The van der Waals surface area contributed by atoms with Gasteiger partial charge in [0.1, 0.15) is 16.9 Å². The molecule has 0 spiro atoms. The summed E-state index contributed by atoms with van der Waals surface area (Å²) in [6, 6.07) is 8.11. The molecule has 0 saturated carbocycles. The molecule has 12 heteroatoms. The summed E-state index contributed by atoms with van der Waals surface area (Å²) in [6.07, 6.45) is 3.00. The van der Waals surface area contributed by atoms with Crippen LogP contribution in [0.25, 0.3) is 16.7 Å². The van der Waals surface area contributed by atoms with E-state index in [1.165, 1.54) is 10.5 Å². The molecule has 1 saturated heterocycles. The van der Waals surface area contributed by atoms with Crippen molar-refractivity contribution in [2.75, 3.05) is 33.0 Å². The molecular weight excluding hydrogens is 580 g/mol. The van der Waals surface area contributed by atoms with Gasteiger partial charge in [0.15, 0.2) is 17.0 Å². The summed E-state index contributed by atoms with van der Waals surface area (Å²) >= 11 is 0. The zero-order valence-electron chi connectivity index (χ0n) is 26.3. The van der Waals surface area contributed by atoms with E-state index < -0.39 is 11.9 Å². The summed E-state index contributed by atoms with van der Waals surface area (Å²) in [7, 11) is 0. The summed E-state index contributed by atoms with van der Waals surface area (Å²) in [6.45, 7) is 10.9. The minimum absolute atomic E-state index is 0.0103. The van der Waals surface area contributed by atoms with Gasteiger partial charge in [-0.3, -0.25) is 14.0 Å². The van der Waals surface area contributed by atoms with Crippen LogP contribution in [0.3, 0.4) is 0 Å². The Labute approximate surface area is 260 Å². The normalized spacial score (nSPS) is 15.0. The number of aromatic nitrogens is 3. The highest BCUT2D eigenvalue weighted by Gasteiger charge is 2.25. The molecule has 4 aromatic rings. The fourth-order valence-electron chi connectivity index (χ4n) is 5.40. The lowest BCUT2D eigenvalue weighted by Crippen LogP contribution is -2.35. The number of amides is 1. The van der Waals surface area contributed by atoms with Gasteiger partial charge in [0.05, 0.1) is 44.5 Å². The highest BCUT2D eigenvalue weighted by atomic mass is 16.5. The standard InChI is InChI=1S/C33H38N4O8/c1-6-41-25-16-21(17-26(42-7-2)27(25)43-8-3)31(38)35-30-24(33(40)44-9-4)18-23-29(37(30)19-22-13-11-15-45-22)34-28-20(5)12-10-14-36(28)32(23)39/h10,12,14,16-18,22H,6-9,11,13,15,19H2,1-5H3. The summed E-state index contributed by atoms with van der Waals surface area (Å²) in [4.78, 5) is 50.6. The van der Waals surface area contributed by atoms with Gasteiger partial charge in [0, 0.05) is 18.4 Å². The number of rotatable bonds is 11. The quantitative estimate of drug-likeness (QED) is 0.179. The first-order chi connectivity index (χ1) is 21.8. The van der Waals surface area contributed by atoms with Gasteiger partial charge in [-0.15, -0.1) is 0 Å². The maximum absolute atomic E-state index is 14.0. The van der Waals surface area contributed by atoms with Crippen LogP contribution in [-0.2, 0) is 16.0 Å². The number of carbonyl (C=O) groups excluding carboxylic acids is 2. The average Bonchev–Trinajstić information content (AvgIpc) is 3.54. The highest BCUT2D eigenvalue weighted by molar-refractivity contribution is 5.98. The number of ether oxygens (including phenoxy) is 5. The van der Waals surface area contributed by atoms with E-state index in [1.54, 1.807) is 35.9 Å². The summed E-state index contributed by atoms with van der Waals surface area (Å²) in [5.74, 6) is -0.346. The lowest BCUT2D eigenvalue weighted by molar-refractivity contribution is 0.0521. The molecule has 1 atom stereocenters. The number of aryl methyl sites for hydroxylation is 1. The van der Waals surface area contributed by atoms with Gasteiger partial charge < -0.3 is 28.3 Å². The first-order valence-electron chi connectivity index (χ1n) is 15.3. The Morgan fingerprint density at radius 3 is 2.33 bits per heavy atom. The van der Waals surface area contributed by atoms with Crippen LogP contribution in [-0.4, -0.2) is 65.0 Å². The van der Waals surface area contributed by atoms with E-state index >= 15 is 0 Å². The molecule has 1 aliphatic heterocycles. The van der Waals surface area contributed by atoms with E-state index in [1.807, 2.05) is 33.8 Å². The van der Waals surface area contributed by atoms with E-state index in [0.29, 0.717) is 49.3 Å². The molecule has 4 heterocycles. The minimum Gasteiger partial charge on any atom is -0.490 e. The number of pyridine rings is 2. The summed E-state index contributed by atoms with van der Waals surface area (Å²) < 4.78 is 31.8. The zero-order valence-corrected chi connectivity index (χ0v) is 26.3. The van der Waals surface area contributed by atoms with E-state index in [-0.39, 0.29) is 52.5 Å². The van der Waals surface area contributed by atoms with Crippen LogP contribution >= 0.6 is 0 Å². The van der Waals surface area contributed by atoms with Gasteiger partial charge in [-0.1, -0.05) is 6.07 Å². The lowest BCUT2D eigenvalue weighted by Gasteiger charge is -2.18. The van der Waals surface area contributed by atoms with Crippen molar-refractivity contribution in [2.24, 2.45) is 4.99 Å². The van der Waals surface area contributed by atoms with Crippen molar-refractivity contribution in [3.63, 3.8) is 0 Å². The molecule has 1 aromatic carbocycles. The third-order valence-corrected chi connectivity index (χ3v) is 7.37. The third kappa shape index (κ3) is 6.41. The van der Waals surface area contributed by atoms with Crippen LogP contribution in [0.1, 0.15) is 66.8 Å². The third-order valence-electron chi connectivity index (χ3n) is 7.37. The first-order valence-corrected chi connectivity index (χ1v) is 15.3. The molecule has 238 valence electrons. The summed E-state index contributed by atoms with van der Waals surface area (Å²) in [5, 5.41) is 0.184. The molecule has 0 N–H and O–H groups in total. The van der Waals surface area contributed by atoms with Crippen LogP contribution in [0.2, 0.25) is 0 Å². The number of esters is 1. The lowest BCUT2D eigenvalue weighted by atomic mass is 10.1. The van der Waals surface area contributed by atoms with Crippen molar-refractivity contribution < 1.29 is 33.3 Å². The van der Waals surface area contributed by atoms with Crippen LogP contribution < -0.4 is 25.3 Å². The largest absolute Gasteiger partial charge is 0.490 e. The Morgan fingerprint density at radius 2 is 1.71 bits per heavy atom. The van der Waals surface area contributed by atoms with Crippen molar-refractivity contribution in [1.29, 1.82) is 0 Å². The van der Waals surface area contributed by atoms with Crippen molar-refractivity contribution in [1.82, 2.24) is 14.0 Å². The Bertz CT molecular complexity index is 1840. The van der Waals surface area contributed by atoms with Gasteiger partial charge >= 0.3 is 5.97 Å². The number of nitrogens with zero attached hydrogens (tertiary/aromatic N) is 4. The van der Waals surface area contributed by atoms with Gasteiger partial charge in [0.25, 0.3) is 11.5 Å². The van der Waals surface area contributed by atoms with Crippen molar-refractivity contribution >= 4 is 28.6 Å². The number of carbonyl (C=O) groups is 2. The second-order valence-electron chi connectivity index (χ2n) is 10.4. The molecular formula is C33H38N4O8. The maximum Gasteiger partial charge on any atom is 0.341 e. The van der Waals surface area contributed by atoms with Crippen LogP contribution in [0.5, 0.6) is 17.2 Å². The average molecular weight is 619 g/mol. The Hall–Kier alpha value is -4.71. The molecule has 1 unspecified atom stereocenters. The zero-order chi connectivity index (χ0) is 32.1. The fourth-order valence-corrected chi connectivity index (χ4v) is 5.40. The predicted octanol–water partition coefficient (Wildman–Crippen LogP) is 4.25. The van der Waals surface area contributed by atoms with Gasteiger partial charge in [-0.05, 0) is 77.3 Å². The van der Waals surface area contributed by atoms with E-state index in [0.717, 1.165) is 18.4 Å². The monoisotopic (exact) mass is 618 g/mol. The van der Waals surface area contributed by atoms with E-state index in [2.05, 4.69) is 4.99 Å². The topological polar surface area (TPSA) is 132 Å². The van der Waals surface area contributed by atoms with Gasteiger partial charge in [-0.25, -0.2) is 9.78 Å². The van der Waals surface area contributed by atoms with Gasteiger partial charge in [-0.2, -0.15) is 4.99 Å². The van der Waals surface area contributed by atoms with Crippen LogP contribution in [0.15, 0.2) is 46.3 Å². The van der Waals surface area contributed by atoms with Crippen molar-refractivity contribution in [2.45, 2.75) is 60.1 Å². The Balaban J connectivity index is 1.83. The first kappa shape index (κ1) is 31.7. The summed E-state index contributed by atoms with van der Waals surface area (Å²) in [5.41, 5.74) is 1.28. The molecule has 0 aliphatic carbocycles. The Morgan fingerprint density at radius 1 is 1.00 bits per heavy atom. The maximum atomic E-state index is 14.0. The molecule has 12 nitrogen and oxygen atoms in total. The Kier molecular flexibility index (Phi) is 9.82. The predicted molar refractivity (Wildman–Crippen MR) is 166 cm³/mol. The second kappa shape index (κ2) is 13.9. The molecule has 1 aliphatic rings. The number of hydrogen-bond donors (Lipinski definition) is 0. The van der Waals surface area contributed by atoms with Gasteiger partial charge in [0.2, 0.25) is 5.75 Å². The highest BCUT2D eigenvalue weighted by Crippen LogP contribution is 2.39. The number of fused-ring (bicyclic) bond motifs is 2. The van der Waals surface area contributed by atoms with Crippen molar-refractivity contribution in [3.8, 4) is 17.2 Å². The van der Waals surface area contributed by atoms with Crippen molar-refractivity contribution in [3.05, 3.63) is 69.1 Å².